The van der Waals surface area contributed by atoms with Crippen molar-refractivity contribution in [1.29, 1.82) is 0 Å². The van der Waals surface area contributed by atoms with E-state index in [1.807, 2.05) is 18.2 Å². The zero-order valence-corrected chi connectivity index (χ0v) is 14.9. The number of hydrogen-bond acceptors (Lipinski definition) is 3. The van der Waals surface area contributed by atoms with Crippen molar-refractivity contribution in [1.82, 2.24) is 14.5 Å². The Morgan fingerprint density at radius 3 is 2.48 bits per heavy atom. The quantitative estimate of drug-likeness (QED) is 0.752. The van der Waals surface area contributed by atoms with Crippen LogP contribution in [0.25, 0.3) is 11.0 Å². The SMILES string of the molecule is Oc1ccc2c(c1)nc(CN1CCCCC1)n2Cc1ccc(Cl)cc1. The summed E-state index contributed by atoms with van der Waals surface area (Å²) >= 11 is 6.01. The van der Waals surface area contributed by atoms with Crippen LogP contribution < -0.4 is 0 Å². The molecule has 25 heavy (non-hydrogen) atoms. The molecular weight excluding hydrogens is 334 g/mol. The van der Waals surface area contributed by atoms with Crippen molar-refractivity contribution in [3.05, 3.63) is 58.9 Å². The van der Waals surface area contributed by atoms with Gasteiger partial charge in [0.25, 0.3) is 0 Å². The second-order valence-electron chi connectivity index (χ2n) is 6.75. The molecular formula is C20H22ClN3O. The lowest BCUT2D eigenvalue weighted by molar-refractivity contribution is 0.214. The van der Waals surface area contributed by atoms with E-state index in [0.717, 1.165) is 48.1 Å². The zero-order chi connectivity index (χ0) is 17.2. The third-order valence-electron chi connectivity index (χ3n) is 4.88. The van der Waals surface area contributed by atoms with Crippen molar-refractivity contribution in [2.45, 2.75) is 32.4 Å². The number of hydrogen-bond donors (Lipinski definition) is 1. The summed E-state index contributed by atoms with van der Waals surface area (Å²) in [6, 6.07) is 13.4. The highest BCUT2D eigenvalue weighted by atomic mass is 35.5. The first-order valence-electron chi connectivity index (χ1n) is 8.84. The predicted octanol–water partition coefficient (Wildman–Crippen LogP) is 4.43. The Balaban J connectivity index is 1.70. The van der Waals surface area contributed by atoms with Crippen molar-refractivity contribution in [2.75, 3.05) is 13.1 Å². The molecule has 5 heteroatoms. The maximum atomic E-state index is 9.80. The van der Waals surface area contributed by atoms with Crippen LogP contribution in [0, 0.1) is 0 Å². The Morgan fingerprint density at radius 2 is 1.72 bits per heavy atom. The van der Waals surface area contributed by atoms with Gasteiger partial charge in [-0.2, -0.15) is 0 Å². The molecule has 1 aliphatic rings. The molecule has 0 atom stereocenters. The van der Waals surface area contributed by atoms with Gasteiger partial charge < -0.3 is 9.67 Å². The van der Waals surface area contributed by atoms with Gasteiger partial charge in [-0.05, 0) is 55.8 Å². The molecule has 0 bridgehead atoms. The molecule has 4 rings (SSSR count). The first-order chi connectivity index (χ1) is 12.2. The number of likely N-dealkylation sites (tertiary alicyclic amines) is 1. The maximum absolute atomic E-state index is 9.80. The second kappa shape index (κ2) is 7.06. The molecule has 0 spiro atoms. The molecule has 0 amide bonds. The summed E-state index contributed by atoms with van der Waals surface area (Å²) in [5, 5.41) is 10.5. The smallest absolute Gasteiger partial charge is 0.124 e. The van der Waals surface area contributed by atoms with Crippen molar-refractivity contribution < 1.29 is 5.11 Å². The fourth-order valence-electron chi connectivity index (χ4n) is 3.56. The summed E-state index contributed by atoms with van der Waals surface area (Å²) in [7, 11) is 0. The van der Waals surface area contributed by atoms with Gasteiger partial charge in [0.05, 0.1) is 17.6 Å². The van der Waals surface area contributed by atoms with E-state index in [2.05, 4.69) is 21.6 Å². The van der Waals surface area contributed by atoms with E-state index in [9.17, 15) is 5.11 Å². The van der Waals surface area contributed by atoms with Gasteiger partial charge in [0, 0.05) is 17.6 Å². The number of benzene rings is 2. The number of halogens is 1. The van der Waals surface area contributed by atoms with Gasteiger partial charge >= 0.3 is 0 Å². The largest absolute Gasteiger partial charge is 0.508 e. The molecule has 1 aliphatic heterocycles. The molecule has 1 aromatic heterocycles. The van der Waals surface area contributed by atoms with Crippen LogP contribution in [0.5, 0.6) is 5.75 Å². The highest BCUT2D eigenvalue weighted by Crippen LogP contribution is 2.24. The molecule has 3 aromatic rings. The number of rotatable bonds is 4. The molecule has 1 N–H and O–H groups in total. The number of phenols is 1. The van der Waals surface area contributed by atoms with E-state index in [0.29, 0.717) is 0 Å². The number of aromatic nitrogens is 2. The summed E-state index contributed by atoms with van der Waals surface area (Å²) in [6.45, 7) is 3.87. The standard InChI is InChI=1S/C20H22ClN3O/c21-16-6-4-15(5-7-16)13-24-19-9-8-17(25)12-18(19)22-20(24)14-23-10-2-1-3-11-23/h4-9,12,25H,1-3,10-11,13-14H2. The number of fused-ring (bicyclic) bond motifs is 1. The van der Waals surface area contributed by atoms with Gasteiger partial charge in [-0.25, -0.2) is 4.98 Å². The third kappa shape index (κ3) is 3.65. The van der Waals surface area contributed by atoms with Crippen molar-refractivity contribution in [3.8, 4) is 5.75 Å². The third-order valence-corrected chi connectivity index (χ3v) is 5.13. The van der Waals surface area contributed by atoms with Crippen molar-refractivity contribution in [3.63, 3.8) is 0 Å². The predicted molar refractivity (Wildman–Crippen MR) is 101 cm³/mol. The number of aromatic hydroxyl groups is 1. The van der Waals surface area contributed by atoms with Crippen LogP contribution in [-0.4, -0.2) is 32.6 Å². The molecule has 2 heterocycles. The molecule has 0 aliphatic carbocycles. The fourth-order valence-corrected chi connectivity index (χ4v) is 3.68. The highest BCUT2D eigenvalue weighted by Gasteiger charge is 2.17. The Labute approximate surface area is 152 Å². The molecule has 0 saturated carbocycles. The summed E-state index contributed by atoms with van der Waals surface area (Å²) in [5.41, 5.74) is 3.09. The normalized spacial score (nSPS) is 15.7. The molecule has 130 valence electrons. The minimum atomic E-state index is 0.258. The fraction of sp³-hybridized carbons (Fsp3) is 0.350. The van der Waals surface area contributed by atoms with E-state index in [4.69, 9.17) is 16.6 Å². The van der Waals surface area contributed by atoms with E-state index < -0.39 is 0 Å². The van der Waals surface area contributed by atoms with Gasteiger partial charge in [-0.3, -0.25) is 4.90 Å². The molecule has 0 radical (unpaired) electrons. The van der Waals surface area contributed by atoms with Crippen LogP contribution >= 0.6 is 11.6 Å². The lowest BCUT2D eigenvalue weighted by Crippen LogP contribution is -2.30. The summed E-state index contributed by atoms with van der Waals surface area (Å²) in [4.78, 5) is 7.29. The van der Waals surface area contributed by atoms with Crippen LogP contribution in [0.2, 0.25) is 5.02 Å². The van der Waals surface area contributed by atoms with E-state index in [1.54, 1.807) is 12.1 Å². The maximum Gasteiger partial charge on any atom is 0.124 e. The van der Waals surface area contributed by atoms with Gasteiger partial charge in [0.1, 0.15) is 11.6 Å². The minimum absolute atomic E-state index is 0.258. The van der Waals surface area contributed by atoms with Crippen molar-refractivity contribution in [2.24, 2.45) is 0 Å². The number of imidazole rings is 1. The highest BCUT2D eigenvalue weighted by molar-refractivity contribution is 6.30. The molecule has 0 unspecified atom stereocenters. The molecule has 1 fully saturated rings. The van der Waals surface area contributed by atoms with Gasteiger partial charge in [0.15, 0.2) is 0 Å². The Hall–Kier alpha value is -2.04. The Morgan fingerprint density at radius 1 is 0.960 bits per heavy atom. The summed E-state index contributed by atoms with van der Waals surface area (Å²) in [5.74, 6) is 1.31. The first kappa shape index (κ1) is 16.4. The molecule has 4 nitrogen and oxygen atoms in total. The van der Waals surface area contributed by atoms with Crippen molar-refractivity contribution >= 4 is 22.6 Å². The van der Waals surface area contributed by atoms with Crippen LogP contribution in [0.1, 0.15) is 30.7 Å². The van der Waals surface area contributed by atoms with E-state index in [1.165, 1.54) is 24.8 Å². The zero-order valence-electron chi connectivity index (χ0n) is 14.2. The number of nitrogens with zero attached hydrogens (tertiary/aromatic N) is 3. The van der Waals surface area contributed by atoms with Crippen LogP contribution in [0.3, 0.4) is 0 Å². The average Bonchev–Trinajstić information content (AvgIpc) is 2.94. The van der Waals surface area contributed by atoms with E-state index in [-0.39, 0.29) is 5.75 Å². The van der Waals surface area contributed by atoms with Crippen LogP contribution in [-0.2, 0) is 13.1 Å². The number of phenolic OH excluding ortho intramolecular Hbond substituents is 1. The molecule has 2 aromatic carbocycles. The monoisotopic (exact) mass is 355 g/mol. The van der Waals surface area contributed by atoms with Gasteiger partial charge in [0.2, 0.25) is 0 Å². The lowest BCUT2D eigenvalue weighted by Gasteiger charge is -2.26. The van der Waals surface area contributed by atoms with Crippen LogP contribution in [0.15, 0.2) is 42.5 Å². The topological polar surface area (TPSA) is 41.3 Å². The molecule has 1 saturated heterocycles. The Kier molecular flexibility index (Phi) is 4.64. The Bertz CT molecular complexity index is 867. The summed E-state index contributed by atoms with van der Waals surface area (Å²) in [6.07, 6.45) is 3.85. The summed E-state index contributed by atoms with van der Waals surface area (Å²) < 4.78 is 2.26. The van der Waals surface area contributed by atoms with E-state index >= 15 is 0 Å². The first-order valence-corrected chi connectivity index (χ1v) is 9.22. The second-order valence-corrected chi connectivity index (χ2v) is 7.19. The van der Waals surface area contributed by atoms with Gasteiger partial charge in [-0.1, -0.05) is 30.2 Å². The van der Waals surface area contributed by atoms with Crippen LogP contribution in [0.4, 0.5) is 0 Å². The van der Waals surface area contributed by atoms with Gasteiger partial charge in [-0.15, -0.1) is 0 Å². The minimum Gasteiger partial charge on any atom is -0.508 e. The average molecular weight is 356 g/mol. The lowest BCUT2D eigenvalue weighted by atomic mass is 10.1. The number of piperidine rings is 1.